The van der Waals surface area contributed by atoms with E-state index in [0.717, 1.165) is 18.2 Å². The lowest BCUT2D eigenvalue weighted by Crippen LogP contribution is -2.32. The third-order valence-electron chi connectivity index (χ3n) is 4.94. The minimum Gasteiger partial charge on any atom is -0.449 e. The number of benzene rings is 3. The summed E-state index contributed by atoms with van der Waals surface area (Å²) in [5, 5.41) is 2.30. The van der Waals surface area contributed by atoms with Crippen molar-refractivity contribution in [2.24, 2.45) is 0 Å². The maximum atomic E-state index is 13.0. The highest BCUT2D eigenvalue weighted by Gasteiger charge is 2.31. The molecule has 0 radical (unpaired) electrons. The molecule has 176 valence electrons. The van der Waals surface area contributed by atoms with Gasteiger partial charge in [-0.1, -0.05) is 36.4 Å². The van der Waals surface area contributed by atoms with Gasteiger partial charge in [0.2, 0.25) is 0 Å². The van der Waals surface area contributed by atoms with Crippen molar-refractivity contribution in [2.45, 2.75) is 19.2 Å². The Morgan fingerprint density at radius 3 is 2.15 bits per heavy atom. The first kappa shape index (κ1) is 24.5. The van der Waals surface area contributed by atoms with E-state index < -0.39 is 35.6 Å². The van der Waals surface area contributed by atoms with Gasteiger partial charge in [0.15, 0.2) is 6.10 Å². The van der Waals surface area contributed by atoms with E-state index in [2.05, 4.69) is 5.32 Å². The zero-order valence-corrected chi connectivity index (χ0v) is 18.3. The quantitative estimate of drug-likeness (QED) is 0.505. The van der Waals surface area contributed by atoms with Gasteiger partial charge in [-0.3, -0.25) is 9.59 Å². The molecule has 0 saturated carbocycles. The number of anilines is 2. The molecule has 6 nitrogen and oxygen atoms in total. The number of alkyl halides is 3. The van der Waals surface area contributed by atoms with E-state index in [4.69, 9.17) is 4.74 Å². The van der Waals surface area contributed by atoms with Crippen LogP contribution in [0, 0.1) is 0 Å². The highest BCUT2D eigenvalue weighted by Crippen LogP contribution is 2.30. The second-order valence-electron chi connectivity index (χ2n) is 7.36. The fourth-order valence-electron chi connectivity index (χ4n) is 3.09. The number of esters is 1. The Balaban J connectivity index is 1.72. The van der Waals surface area contributed by atoms with Crippen molar-refractivity contribution >= 4 is 29.2 Å². The minimum atomic E-state index is -4.57. The number of ether oxygens (including phenoxy) is 1. The lowest BCUT2D eigenvalue weighted by atomic mass is 10.1. The highest BCUT2D eigenvalue weighted by molar-refractivity contribution is 6.12. The van der Waals surface area contributed by atoms with Gasteiger partial charge in [-0.25, -0.2) is 4.79 Å². The first-order chi connectivity index (χ1) is 16.1. The van der Waals surface area contributed by atoms with Crippen LogP contribution in [0.2, 0.25) is 0 Å². The molecule has 0 saturated heterocycles. The van der Waals surface area contributed by atoms with Gasteiger partial charge < -0.3 is 15.0 Å². The Hall–Kier alpha value is -4.14. The van der Waals surface area contributed by atoms with Crippen molar-refractivity contribution in [1.29, 1.82) is 0 Å². The lowest BCUT2D eigenvalue weighted by molar-refractivity contribution is -0.137. The molecule has 3 aromatic carbocycles. The van der Waals surface area contributed by atoms with Crippen LogP contribution >= 0.6 is 0 Å². The number of hydrogen-bond donors (Lipinski definition) is 1. The lowest BCUT2D eigenvalue weighted by Gasteiger charge is -2.19. The van der Waals surface area contributed by atoms with Crippen LogP contribution in [0.1, 0.15) is 33.2 Å². The molecule has 1 N–H and O–H groups in total. The van der Waals surface area contributed by atoms with Gasteiger partial charge in [-0.2, -0.15) is 13.2 Å². The van der Waals surface area contributed by atoms with Crippen LogP contribution in [0.5, 0.6) is 0 Å². The van der Waals surface area contributed by atoms with Gasteiger partial charge in [0, 0.05) is 18.4 Å². The van der Waals surface area contributed by atoms with Crippen LogP contribution in [-0.2, 0) is 15.7 Å². The number of amides is 2. The molecule has 2 amide bonds. The van der Waals surface area contributed by atoms with Gasteiger partial charge in [-0.15, -0.1) is 0 Å². The Kier molecular flexibility index (Phi) is 7.35. The molecule has 0 aromatic heterocycles. The zero-order valence-electron chi connectivity index (χ0n) is 18.3. The fraction of sp³-hybridized carbons (Fsp3) is 0.160. The van der Waals surface area contributed by atoms with Crippen molar-refractivity contribution < 1.29 is 32.3 Å². The van der Waals surface area contributed by atoms with Crippen LogP contribution in [0.15, 0.2) is 78.9 Å². The number of nitrogens with one attached hydrogen (secondary N) is 1. The number of hydrogen-bond acceptors (Lipinski definition) is 4. The predicted molar refractivity (Wildman–Crippen MR) is 121 cm³/mol. The first-order valence-electron chi connectivity index (χ1n) is 10.2. The van der Waals surface area contributed by atoms with Crippen LogP contribution < -0.4 is 10.2 Å². The number of para-hydroxylation sites is 1. The summed E-state index contributed by atoms with van der Waals surface area (Å²) in [5.41, 5.74) is -0.379. The SMILES string of the molecule is CC(OC(=O)c1ccccc1C(=O)N(C)c1ccccc1)C(=O)Nc1cccc(C(F)(F)F)c1. The smallest absolute Gasteiger partial charge is 0.416 e. The van der Waals surface area contributed by atoms with E-state index in [0.29, 0.717) is 5.69 Å². The summed E-state index contributed by atoms with van der Waals surface area (Å²) in [6.07, 6.45) is -5.90. The molecule has 0 aliphatic carbocycles. The van der Waals surface area contributed by atoms with Crippen molar-refractivity contribution in [3.05, 3.63) is 95.6 Å². The van der Waals surface area contributed by atoms with Gasteiger partial charge in [0.25, 0.3) is 11.8 Å². The number of halogens is 3. The molecule has 9 heteroatoms. The van der Waals surface area contributed by atoms with Crippen molar-refractivity contribution in [3.8, 4) is 0 Å². The molecule has 0 spiro atoms. The second kappa shape index (κ2) is 10.2. The summed E-state index contributed by atoms with van der Waals surface area (Å²) < 4.78 is 43.8. The van der Waals surface area contributed by atoms with Crippen LogP contribution in [-0.4, -0.2) is 30.9 Å². The standard InChI is InChI=1S/C25H21F3N2O4/c1-16(22(31)29-18-10-8-9-17(15-18)25(26,27)28)34-24(33)21-14-7-6-13-20(21)23(32)30(2)19-11-4-3-5-12-19/h3-16H,1-2H3,(H,29,31). The molecule has 0 heterocycles. The van der Waals surface area contributed by atoms with Crippen LogP contribution in [0.3, 0.4) is 0 Å². The molecule has 0 fully saturated rings. The van der Waals surface area contributed by atoms with Crippen molar-refractivity contribution in [3.63, 3.8) is 0 Å². The predicted octanol–water partition coefficient (Wildman–Crippen LogP) is 5.17. The normalized spacial score (nSPS) is 11.9. The average Bonchev–Trinajstić information content (AvgIpc) is 2.83. The number of rotatable bonds is 6. The molecular formula is C25H21F3N2O4. The highest BCUT2D eigenvalue weighted by atomic mass is 19.4. The number of carbonyl (C=O) groups excluding carboxylic acids is 3. The van der Waals surface area contributed by atoms with Crippen LogP contribution in [0.25, 0.3) is 0 Å². The maximum Gasteiger partial charge on any atom is 0.416 e. The topological polar surface area (TPSA) is 75.7 Å². The molecule has 3 aromatic rings. The minimum absolute atomic E-state index is 0.0472. The van der Waals surface area contributed by atoms with E-state index in [-0.39, 0.29) is 16.8 Å². The van der Waals surface area contributed by atoms with E-state index in [9.17, 15) is 27.6 Å². The average molecular weight is 470 g/mol. The van der Waals surface area contributed by atoms with E-state index >= 15 is 0 Å². The number of carbonyl (C=O) groups is 3. The summed E-state index contributed by atoms with van der Waals surface area (Å²) in [6, 6.07) is 18.9. The Morgan fingerprint density at radius 1 is 0.882 bits per heavy atom. The molecule has 0 aliphatic rings. The number of nitrogens with zero attached hydrogens (tertiary/aromatic N) is 1. The summed E-state index contributed by atoms with van der Waals surface area (Å²) in [6.45, 7) is 1.28. The monoisotopic (exact) mass is 470 g/mol. The Morgan fingerprint density at radius 2 is 1.50 bits per heavy atom. The van der Waals surface area contributed by atoms with Gasteiger partial charge in [0.1, 0.15) is 0 Å². The molecule has 1 unspecified atom stereocenters. The molecule has 34 heavy (non-hydrogen) atoms. The maximum absolute atomic E-state index is 13.0. The van der Waals surface area contributed by atoms with E-state index in [1.165, 1.54) is 30.0 Å². The summed E-state index contributed by atoms with van der Waals surface area (Å²) in [7, 11) is 1.56. The van der Waals surface area contributed by atoms with Crippen molar-refractivity contribution in [1.82, 2.24) is 0 Å². The third-order valence-corrected chi connectivity index (χ3v) is 4.94. The largest absolute Gasteiger partial charge is 0.449 e. The fourth-order valence-corrected chi connectivity index (χ4v) is 3.09. The summed E-state index contributed by atoms with van der Waals surface area (Å²) in [4.78, 5) is 39.5. The second-order valence-corrected chi connectivity index (χ2v) is 7.36. The molecule has 3 rings (SSSR count). The summed E-state index contributed by atoms with van der Waals surface area (Å²) in [5.74, 6) is -2.20. The van der Waals surface area contributed by atoms with E-state index in [1.54, 1.807) is 49.5 Å². The molecular weight excluding hydrogens is 449 g/mol. The molecule has 0 bridgehead atoms. The van der Waals surface area contributed by atoms with Gasteiger partial charge >= 0.3 is 12.1 Å². The van der Waals surface area contributed by atoms with Gasteiger partial charge in [-0.05, 0) is 49.4 Å². The van der Waals surface area contributed by atoms with E-state index in [1.807, 2.05) is 0 Å². The first-order valence-corrected chi connectivity index (χ1v) is 10.2. The summed E-state index contributed by atoms with van der Waals surface area (Å²) >= 11 is 0. The van der Waals surface area contributed by atoms with Gasteiger partial charge in [0.05, 0.1) is 16.7 Å². The molecule has 1 atom stereocenters. The molecule has 0 aliphatic heterocycles. The third kappa shape index (κ3) is 5.80. The Bertz CT molecular complexity index is 1200. The zero-order chi connectivity index (χ0) is 24.9. The van der Waals surface area contributed by atoms with Crippen molar-refractivity contribution in [2.75, 3.05) is 17.3 Å². The van der Waals surface area contributed by atoms with Crippen LogP contribution in [0.4, 0.5) is 24.5 Å². The Labute approximate surface area is 194 Å².